The van der Waals surface area contributed by atoms with Crippen LogP contribution in [-0.4, -0.2) is 10.8 Å². The maximum Gasteiger partial charge on any atom is 0.167 e. The van der Waals surface area contributed by atoms with Gasteiger partial charge < -0.3 is 0 Å². The van der Waals surface area contributed by atoms with Crippen LogP contribution in [0, 0.1) is 5.92 Å². The Morgan fingerprint density at radius 3 is 2.75 bits per heavy atom. The summed E-state index contributed by atoms with van der Waals surface area (Å²) in [5.41, 5.74) is 0.682. The Kier molecular flexibility index (Phi) is 1.85. The lowest BCUT2D eigenvalue weighted by Crippen LogP contribution is -2.01. The van der Waals surface area contributed by atoms with Crippen LogP contribution >= 0.6 is 11.6 Å². The summed E-state index contributed by atoms with van der Waals surface area (Å²) in [6, 6.07) is 3.38. The van der Waals surface area contributed by atoms with Crippen LogP contribution in [0.4, 0.5) is 0 Å². The first-order chi connectivity index (χ1) is 5.77. The summed E-state index contributed by atoms with van der Waals surface area (Å²) in [6.45, 7) is 0. The van der Waals surface area contributed by atoms with Crippen LogP contribution < -0.4 is 0 Å². The minimum absolute atomic E-state index is 0.208. The zero-order valence-corrected chi connectivity index (χ0v) is 7.21. The molecule has 0 atom stereocenters. The number of Topliss-reactive ketones (excluding diaryl/α,β-unsaturated/α-hetero) is 1. The van der Waals surface area contributed by atoms with Gasteiger partial charge in [0.1, 0.15) is 5.15 Å². The summed E-state index contributed by atoms with van der Waals surface area (Å²) in [7, 11) is 0. The molecule has 2 nitrogen and oxygen atoms in total. The Morgan fingerprint density at radius 2 is 2.25 bits per heavy atom. The molecule has 0 N–H and O–H groups in total. The van der Waals surface area contributed by atoms with Crippen LogP contribution in [0.1, 0.15) is 23.2 Å². The number of ketones is 1. The second kappa shape index (κ2) is 2.87. The molecule has 1 aliphatic carbocycles. The monoisotopic (exact) mass is 181 g/mol. The number of nitrogens with zero attached hydrogens (tertiary/aromatic N) is 1. The molecule has 0 unspecified atom stereocenters. The Bertz CT molecular complexity index is 303. The summed E-state index contributed by atoms with van der Waals surface area (Å²) < 4.78 is 0. The third kappa shape index (κ3) is 1.48. The van der Waals surface area contributed by atoms with Gasteiger partial charge in [-0.2, -0.15) is 0 Å². The molecule has 1 heterocycles. The van der Waals surface area contributed by atoms with Gasteiger partial charge in [-0.05, 0) is 25.0 Å². The van der Waals surface area contributed by atoms with Gasteiger partial charge in [0.05, 0.1) is 0 Å². The normalized spacial score (nSPS) is 16.1. The third-order valence-corrected chi connectivity index (χ3v) is 2.18. The van der Waals surface area contributed by atoms with Crippen molar-refractivity contribution in [2.75, 3.05) is 0 Å². The molecule has 0 aromatic carbocycles. The molecule has 1 aliphatic rings. The minimum atomic E-state index is 0.208. The molecule has 0 bridgehead atoms. The molecular weight excluding hydrogens is 174 g/mol. The molecule has 3 heteroatoms. The van der Waals surface area contributed by atoms with Gasteiger partial charge in [0.25, 0.3) is 0 Å². The largest absolute Gasteiger partial charge is 0.294 e. The number of aromatic nitrogens is 1. The molecule has 0 amide bonds. The van der Waals surface area contributed by atoms with Crippen molar-refractivity contribution in [3.63, 3.8) is 0 Å². The number of halogens is 1. The third-order valence-electron chi connectivity index (χ3n) is 1.96. The van der Waals surface area contributed by atoms with Crippen molar-refractivity contribution in [1.82, 2.24) is 4.98 Å². The molecule has 0 saturated heterocycles. The Morgan fingerprint density at radius 1 is 1.50 bits per heavy atom. The number of carbonyl (C=O) groups excluding carboxylic acids is 1. The molecule has 2 rings (SSSR count). The predicted octanol–water partition coefficient (Wildman–Crippen LogP) is 2.33. The van der Waals surface area contributed by atoms with Gasteiger partial charge in [-0.25, -0.2) is 4.98 Å². The van der Waals surface area contributed by atoms with Crippen LogP contribution in [0.3, 0.4) is 0 Å². The second-order valence-electron chi connectivity index (χ2n) is 3.01. The number of hydrogen-bond acceptors (Lipinski definition) is 2. The average molecular weight is 182 g/mol. The summed E-state index contributed by atoms with van der Waals surface area (Å²) in [4.78, 5) is 15.3. The van der Waals surface area contributed by atoms with Gasteiger partial charge >= 0.3 is 0 Å². The molecule has 1 saturated carbocycles. The van der Waals surface area contributed by atoms with Crippen molar-refractivity contribution >= 4 is 17.4 Å². The van der Waals surface area contributed by atoms with E-state index < -0.39 is 0 Å². The van der Waals surface area contributed by atoms with Crippen molar-refractivity contribution in [2.45, 2.75) is 12.8 Å². The van der Waals surface area contributed by atoms with E-state index in [-0.39, 0.29) is 11.7 Å². The fraction of sp³-hybridized carbons (Fsp3) is 0.333. The van der Waals surface area contributed by atoms with Crippen molar-refractivity contribution in [3.05, 3.63) is 29.0 Å². The first kappa shape index (κ1) is 7.74. The fourth-order valence-electron chi connectivity index (χ4n) is 1.10. The molecule has 1 fully saturated rings. The molecule has 1 aromatic heterocycles. The Labute approximate surface area is 75.6 Å². The van der Waals surface area contributed by atoms with E-state index in [0.717, 1.165) is 12.8 Å². The van der Waals surface area contributed by atoms with Crippen molar-refractivity contribution in [3.8, 4) is 0 Å². The molecule has 0 aliphatic heterocycles. The highest BCUT2D eigenvalue weighted by atomic mass is 35.5. The number of hydrogen-bond donors (Lipinski definition) is 0. The van der Waals surface area contributed by atoms with Crippen LogP contribution in [0.5, 0.6) is 0 Å². The molecule has 62 valence electrons. The van der Waals surface area contributed by atoms with E-state index in [0.29, 0.717) is 10.7 Å². The number of carbonyl (C=O) groups is 1. The molecule has 12 heavy (non-hydrogen) atoms. The van der Waals surface area contributed by atoms with Crippen LogP contribution in [0.15, 0.2) is 18.3 Å². The fourth-order valence-corrected chi connectivity index (χ4v) is 1.21. The highest BCUT2D eigenvalue weighted by Crippen LogP contribution is 2.32. The highest BCUT2D eigenvalue weighted by Gasteiger charge is 2.30. The van der Waals surface area contributed by atoms with E-state index in [1.165, 1.54) is 0 Å². The smallest absolute Gasteiger partial charge is 0.167 e. The van der Waals surface area contributed by atoms with Gasteiger partial charge in [-0.1, -0.05) is 11.6 Å². The van der Waals surface area contributed by atoms with Gasteiger partial charge in [-0.15, -0.1) is 0 Å². The quantitative estimate of drug-likeness (QED) is 0.518. The van der Waals surface area contributed by atoms with Crippen LogP contribution in [0.2, 0.25) is 5.15 Å². The topological polar surface area (TPSA) is 30.0 Å². The first-order valence-electron chi connectivity index (χ1n) is 3.93. The summed E-state index contributed by atoms with van der Waals surface area (Å²) in [6.07, 6.45) is 3.60. The van der Waals surface area contributed by atoms with Crippen LogP contribution in [-0.2, 0) is 0 Å². The summed E-state index contributed by atoms with van der Waals surface area (Å²) in [5, 5.41) is 0.433. The van der Waals surface area contributed by atoms with E-state index in [1.807, 2.05) is 0 Å². The highest BCUT2D eigenvalue weighted by molar-refractivity contribution is 6.29. The Hall–Kier alpha value is -0.890. The maximum atomic E-state index is 11.4. The van der Waals surface area contributed by atoms with Crippen molar-refractivity contribution in [1.29, 1.82) is 0 Å². The standard InChI is InChI=1S/C9H8ClNO/c10-8-4-3-7(5-11-8)9(12)6-1-2-6/h3-6H,1-2H2. The lowest BCUT2D eigenvalue weighted by Gasteiger charge is -1.96. The Balaban J connectivity index is 2.22. The second-order valence-corrected chi connectivity index (χ2v) is 3.40. The van der Waals surface area contributed by atoms with E-state index in [2.05, 4.69) is 4.98 Å². The zero-order chi connectivity index (χ0) is 8.55. The lowest BCUT2D eigenvalue weighted by atomic mass is 10.1. The molecule has 1 aromatic rings. The van der Waals surface area contributed by atoms with Gasteiger partial charge in [0.2, 0.25) is 0 Å². The molecule has 0 radical (unpaired) electrons. The van der Waals surface area contributed by atoms with Gasteiger partial charge in [0, 0.05) is 17.7 Å². The van der Waals surface area contributed by atoms with E-state index >= 15 is 0 Å². The average Bonchev–Trinajstić information content (AvgIpc) is 2.87. The lowest BCUT2D eigenvalue weighted by molar-refractivity contribution is 0.0967. The van der Waals surface area contributed by atoms with E-state index in [9.17, 15) is 4.79 Å². The van der Waals surface area contributed by atoms with Crippen molar-refractivity contribution in [2.24, 2.45) is 5.92 Å². The molecular formula is C9H8ClNO. The van der Waals surface area contributed by atoms with E-state index in [1.54, 1.807) is 18.3 Å². The van der Waals surface area contributed by atoms with Gasteiger partial charge in [0.15, 0.2) is 5.78 Å². The summed E-state index contributed by atoms with van der Waals surface area (Å²) in [5.74, 6) is 0.465. The number of rotatable bonds is 2. The SMILES string of the molecule is O=C(c1ccc(Cl)nc1)C1CC1. The van der Waals surface area contributed by atoms with Crippen molar-refractivity contribution < 1.29 is 4.79 Å². The maximum absolute atomic E-state index is 11.4. The first-order valence-corrected chi connectivity index (χ1v) is 4.31. The zero-order valence-electron chi connectivity index (χ0n) is 6.46. The van der Waals surface area contributed by atoms with E-state index in [4.69, 9.17) is 11.6 Å². The predicted molar refractivity (Wildman–Crippen MR) is 46.3 cm³/mol. The van der Waals surface area contributed by atoms with Gasteiger partial charge in [-0.3, -0.25) is 4.79 Å². The van der Waals surface area contributed by atoms with Crippen LogP contribution in [0.25, 0.3) is 0 Å². The molecule has 0 spiro atoms. The minimum Gasteiger partial charge on any atom is -0.294 e. The number of pyridine rings is 1. The summed E-state index contributed by atoms with van der Waals surface area (Å²) >= 11 is 5.59.